The summed E-state index contributed by atoms with van der Waals surface area (Å²) < 4.78 is 5.29. The number of carbonyl (C=O) groups is 3. The van der Waals surface area contributed by atoms with Gasteiger partial charge in [-0.05, 0) is 23.8 Å². The first-order chi connectivity index (χ1) is 16.8. The minimum Gasteiger partial charge on any atom is -0.456 e. The van der Waals surface area contributed by atoms with Crippen molar-refractivity contribution in [2.24, 2.45) is 5.16 Å². The fourth-order valence-corrected chi connectivity index (χ4v) is 5.11. The monoisotopic (exact) mass is 518 g/mol. The maximum atomic E-state index is 12.8. The number of nitrogens with one attached hydrogen (secondary N) is 1. The van der Waals surface area contributed by atoms with Crippen molar-refractivity contribution in [1.29, 1.82) is 0 Å². The van der Waals surface area contributed by atoms with Gasteiger partial charge in [0.05, 0.1) is 4.92 Å². The number of thiazole rings is 1. The van der Waals surface area contributed by atoms with Crippen molar-refractivity contribution in [3.63, 3.8) is 0 Å². The Balaban J connectivity index is 1.38. The summed E-state index contributed by atoms with van der Waals surface area (Å²) in [6.45, 7) is -0.123. The zero-order valence-electron chi connectivity index (χ0n) is 18.1. The van der Waals surface area contributed by atoms with Gasteiger partial charge in [-0.25, -0.2) is 9.78 Å². The van der Waals surface area contributed by atoms with Crippen LogP contribution in [0.15, 0.2) is 46.6 Å². The highest BCUT2D eigenvalue weighted by molar-refractivity contribution is 8.00. The van der Waals surface area contributed by atoms with E-state index in [9.17, 15) is 24.5 Å². The number of hydrogen-bond acceptors (Lipinski definition) is 12. The molecular formula is C20H18N6O7S2. The van der Waals surface area contributed by atoms with Crippen LogP contribution in [0.5, 0.6) is 0 Å². The Labute approximate surface area is 206 Å². The Bertz CT molecular complexity index is 1240. The number of ether oxygens (including phenoxy) is 1. The molecule has 1 fully saturated rings. The highest BCUT2D eigenvalue weighted by atomic mass is 32.2. The minimum absolute atomic E-state index is 0.0733. The van der Waals surface area contributed by atoms with Gasteiger partial charge in [0, 0.05) is 23.3 Å². The highest BCUT2D eigenvalue weighted by Crippen LogP contribution is 2.38. The Morgan fingerprint density at radius 1 is 1.37 bits per heavy atom. The number of nitrogen functional groups attached to an aromatic ring is 1. The van der Waals surface area contributed by atoms with E-state index in [0.29, 0.717) is 11.3 Å². The number of oxime groups is 1. The third-order valence-electron chi connectivity index (χ3n) is 5.02. The number of non-ortho nitro benzene ring substituents is 1. The highest BCUT2D eigenvalue weighted by Gasteiger charge is 2.53. The molecule has 2 atom stereocenters. The Kier molecular flexibility index (Phi) is 6.97. The average molecular weight is 519 g/mol. The van der Waals surface area contributed by atoms with E-state index in [1.165, 1.54) is 48.0 Å². The van der Waals surface area contributed by atoms with Gasteiger partial charge in [0.2, 0.25) is 0 Å². The van der Waals surface area contributed by atoms with Crippen molar-refractivity contribution in [1.82, 2.24) is 15.2 Å². The van der Waals surface area contributed by atoms with E-state index in [4.69, 9.17) is 15.3 Å². The van der Waals surface area contributed by atoms with Crippen LogP contribution in [-0.4, -0.2) is 62.6 Å². The number of fused-ring (bicyclic) bond motifs is 1. The van der Waals surface area contributed by atoms with E-state index in [1.807, 2.05) is 0 Å². The number of nitrogens with zero attached hydrogens (tertiary/aromatic N) is 4. The van der Waals surface area contributed by atoms with Gasteiger partial charge in [-0.1, -0.05) is 5.16 Å². The number of amides is 2. The predicted molar refractivity (Wildman–Crippen MR) is 126 cm³/mol. The van der Waals surface area contributed by atoms with E-state index in [0.717, 1.165) is 11.3 Å². The molecule has 4 rings (SSSR count). The smallest absolute Gasteiger partial charge is 0.355 e. The molecule has 15 heteroatoms. The molecule has 1 aromatic heterocycles. The summed E-state index contributed by atoms with van der Waals surface area (Å²) in [7, 11) is 1.27. The molecule has 182 valence electrons. The number of carbonyl (C=O) groups excluding carboxylic acids is 3. The molecule has 0 aliphatic carbocycles. The Morgan fingerprint density at radius 3 is 2.74 bits per heavy atom. The molecule has 1 aromatic carbocycles. The number of esters is 1. The summed E-state index contributed by atoms with van der Waals surface area (Å²) in [6, 6.07) is 4.69. The minimum atomic E-state index is -0.892. The third-order valence-corrected chi connectivity index (χ3v) is 6.88. The molecule has 1 unspecified atom stereocenters. The number of benzene rings is 1. The number of β-lactam (4-membered cyclic amide) rings is 1. The van der Waals surface area contributed by atoms with Crippen LogP contribution in [-0.2, 0) is 30.6 Å². The molecule has 3 heterocycles. The summed E-state index contributed by atoms with van der Waals surface area (Å²) in [5, 5.41) is 18.3. The largest absolute Gasteiger partial charge is 0.456 e. The number of thioether (sulfide) groups is 1. The van der Waals surface area contributed by atoms with Gasteiger partial charge >= 0.3 is 5.97 Å². The van der Waals surface area contributed by atoms with Crippen LogP contribution in [0.3, 0.4) is 0 Å². The van der Waals surface area contributed by atoms with Crippen LogP contribution >= 0.6 is 23.1 Å². The number of nitro groups is 1. The van der Waals surface area contributed by atoms with Crippen LogP contribution < -0.4 is 11.1 Å². The molecule has 1 saturated heterocycles. The predicted octanol–water partition coefficient (Wildman–Crippen LogP) is 1.01. The molecule has 3 N–H and O–H groups in total. The van der Waals surface area contributed by atoms with Crippen LogP contribution in [0.2, 0.25) is 0 Å². The molecule has 13 nitrogen and oxygen atoms in total. The molecule has 2 aliphatic heterocycles. The second-order valence-corrected chi connectivity index (χ2v) is 9.21. The van der Waals surface area contributed by atoms with Gasteiger partial charge in [0.25, 0.3) is 17.5 Å². The summed E-state index contributed by atoms with van der Waals surface area (Å²) >= 11 is 2.49. The lowest BCUT2D eigenvalue weighted by Gasteiger charge is -2.48. The fraction of sp³-hybridized carbons (Fsp3) is 0.250. The molecular weight excluding hydrogens is 500 g/mol. The summed E-state index contributed by atoms with van der Waals surface area (Å²) in [5.41, 5.74) is 6.25. The van der Waals surface area contributed by atoms with Crippen molar-refractivity contribution in [3.8, 4) is 0 Å². The van der Waals surface area contributed by atoms with Crippen LogP contribution in [0.4, 0.5) is 10.8 Å². The van der Waals surface area contributed by atoms with Crippen LogP contribution in [0.1, 0.15) is 11.3 Å². The van der Waals surface area contributed by atoms with Crippen molar-refractivity contribution in [2.75, 3.05) is 18.6 Å². The molecule has 2 amide bonds. The molecule has 0 bridgehead atoms. The second-order valence-electron chi connectivity index (χ2n) is 7.17. The van der Waals surface area contributed by atoms with E-state index in [-0.39, 0.29) is 34.5 Å². The van der Waals surface area contributed by atoms with Gasteiger partial charge in [-0.15, -0.1) is 23.1 Å². The molecule has 35 heavy (non-hydrogen) atoms. The topological polar surface area (TPSA) is 179 Å². The number of anilines is 1. The van der Waals surface area contributed by atoms with Crippen molar-refractivity contribution in [3.05, 3.63) is 62.8 Å². The van der Waals surface area contributed by atoms with E-state index < -0.39 is 34.1 Å². The first-order valence-corrected chi connectivity index (χ1v) is 11.9. The number of hydrogen-bond donors (Lipinski definition) is 2. The van der Waals surface area contributed by atoms with Crippen molar-refractivity contribution >= 4 is 57.4 Å². The van der Waals surface area contributed by atoms with E-state index >= 15 is 0 Å². The fourth-order valence-electron chi connectivity index (χ4n) is 3.37. The summed E-state index contributed by atoms with van der Waals surface area (Å²) in [4.78, 5) is 58.5. The lowest BCUT2D eigenvalue weighted by Crippen LogP contribution is -2.70. The van der Waals surface area contributed by atoms with Crippen molar-refractivity contribution in [2.45, 2.75) is 18.0 Å². The molecule has 0 radical (unpaired) electrons. The Morgan fingerprint density at radius 2 is 2.11 bits per heavy atom. The van der Waals surface area contributed by atoms with Gasteiger partial charge < -0.3 is 20.6 Å². The number of nitrogens with two attached hydrogens (primary N) is 1. The quantitative estimate of drug-likeness (QED) is 0.168. The first kappa shape index (κ1) is 24.2. The lowest BCUT2D eigenvalue weighted by atomic mass is 10.0. The van der Waals surface area contributed by atoms with E-state index in [2.05, 4.69) is 15.5 Å². The second kappa shape index (κ2) is 10.1. The normalized spacial score (nSPS) is 19.2. The SMILES string of the molecule is CO/N=C(\C(=O)NC1C(=O)N2C(C(=O)OCc3ccc([N+](=O)[O-])cc3)=CCS[C@H]12)c1csc(N)n1. The van der Waals surface area contributed by atoms with Gasteiger partial charge in [-0.2, -0.15) is 0 Å². The van der Waals surface area contributed by atoms with Crippen LogP contribution in [0.25, 0.3) is 0 Å². The van der Waals surface area contributed by atoms with Crippen molar-refractivity contribution < 1.29 is 28.9 Å². The zero-order chi connectivity index (χ0) is 25.1. The maximum Gasteiger partial charge on any atom is 0.355 e. The lowest BCUT2D eigenvalue weighted by molar-refractivity contribution is -0.384. The number of aromatic nitrogens is 1. The molecule has 0 spiro atoms. The summed E-state index contributed by atoms with van der Waals surface area (Å²) in [6.07, 6.45) is 1.57. The Hall–Kier alpha value is -3.98. The van der Waals surface area contributed by atoms with Gasteiger partial charge in [0.15, 0.2) is 10.8 Å². The molecule has 2 aromatic rings. The zero-order valence-corrected chi connectivity index (χ0v) is 19.7. The van der Waals surface area contributed by atoms with Gasteiger partial charge in [0.1, 0.15) is 36.5 Å². The van der Waals surface area contributed by atoms with E-state index in [1.54, 1.807) is 11.5 Å². The molecule has 0 saturated carbocycles. The number of nitro benzene ring substituents is 1. The third kappa shape index (κ3) is 4.95. The van der Waals surface area contributed by atoms with Crippen LogP contribution in [0, 0.1) is 10.1 Å². The molecule has 2 aliphatic rings. The standard InChI is InChI=1S/C20H18N6O7S2/c1-32-24-14(12-9-35-20(21)22-12)16(27)23-15-17(28)25-13(6-7-34-18(15)25)19(29)33-8-10-2-4-11(5-3-10)26(30)31/h2-6,9,15,18H,7-8H2,1H3,(H2,21,22)(H,23,27)/b24-14-/t15?,18-/m1/s1. The summed E-state index contributed by atoms with van der Waals surface area (Å²) in [5.74, 6) is -1.45. The maximum absolute atomic E-state index is 12.8. The van der Waals surface area contributed by atoms with Gasteiger partial charge in [-0.3, -0.25) is 24.6 Å². The average Bonchev–Trinajstić information content (AvgIpc) is 3.29. The first-order valence-electron chi connectivity index (χ1n) is 9.99. The number of rotatable bonds is 8.